The lowest BCUT2D eigenvalue weighted by Crippen LogP contribution is -2.20. The monoisotopic (exact) mass is 452 g/mol. The maximum absolute atomic E-state index is 12.2. The van der Waals surface area contributed by atoms with Crippen molar-refractivity contribution < 1.29 is 17.9 Å². The van der Waals surface area contributed by atoms with Crippen molar-refractivity contribution in [3.8, 4) is 16.3 Å². The number of nitrogens with zero attached hydrogens (tertiary/aromatic N) is 1. The Labute approximate surface area is 184 Å². The van der Waals surface area contributed by atoms with E-state index in [0.29, 0.717) is 11.4 Å². The molecule has 6 nitrogen and oxygen atoms in total. The summed E-state index contributed by atoms with van der Waals surface area (Å²) in [6.07, 6.45) is 1.12. The molecule has 158 valence electrons. The van der Waals surface area contributed by atoms with Gasteiger partial charge in [-0.3, -0.25) is 4.79 Å². The second kappa shape index (κ2) is 8.49. The summed E-state index contributed by atoms with van der Waals surface area (Å²) < 4.78 is 29.8. The number of ether oxygens (including phenoxy) is 1. The van der Waals surface area contributed by atoms with Crippen LogP contribution in [-0.4, -0.2) is 32.2 Å². The van der Waals surface area contributed by atoms with Crippen LogP contribution in [0, 0.1) is 6.92 Å². The maximum atomic E-state index is 12.2. The third kappa shape index (κ3) is 5.10. The topological polar surface area (TPSA) is 85.4 Å². The fraction of sp³-hybridized carbons (Fsp3) is 0.130. The number of aryl methyl sites for hydroxylation is 1. The minimum Gasteiger partial charge on any atom is -0.484 e. The molecule has 0 saturated heterocycles. The number of rotatable bonds is 6. The molecular weight excluding hydrogens is 432 g/mol. The van der Waals surface area contributed by atoms with E-state index < -0.39 is 9.84 Å². The van der Waals surface area contributed by atoms with E-state index in [1.165, 1.54) is 17.7 Å². The van der Waals surface area contributed by atoms with Crippen molar-refractivity contribution in [2.45, 2.75) is 11.8 Å². The maximum Gasteiger partial charge on any atom is 0.262 e. The molecule has 4 aromatic rings. The highest BCUT2D eigenvalue weighted by atomic mass is 32.2. The van der Waals surface area contributed by atoms with Crippen molar-refractivity contribution in [3.05, 3.63) is 72.3 Å². The van der Waals surface area contributed by atoms with Crippen LogP contribution in [0.5, 0.6) is 5.75 Å². The quantitative estimate of drug-likeness (QED) is 0.459. The summed E-state index contributed by atoms with van der Waals surface area (Å²) >= 11 is 1.63. The van der Waals surface area contributed by atoms with E-state index in [1.54, 1.807) is 23.5 Å². The largest absolute Gasteiger partial charge is 0.484 e. The molecule has 0 unspecified atom stereocenters. The van der Waals surface area contributed by atoms with Crippen LogP contribution in [-0.2, 0) is 14.6 Å². The summed E-state index contributed by atoms with van der Waals surface area (Å²) in [7, 11) is -3.34. The number of carbonyl (C=O) groups is 1. The van der Waals surface area contributed by atoms with Gasteiger partial charge in [-0.25, -0.2) is 13.4 Å². The molecule has 1 aromatic heterocycles. The van der Waals surface area contributed by atoms with Crippen molar-refractivity contribution >= 4 is 43.0 Å². The molecule has 0 fully saturated rings. The van der Waals surface area contributed by atoms with Crippen LogP contribution in [0.25, 0.3) is 20.8 Å². The van der Waals surface area contributed by atoms with Crippen LogP contribution in [0.15, 0.2) is 71.6 Å². The van der Waals surface area contributed by atoms with E-state index in [4.69, 9.17) is 4.74 Å². The number of nitrogens with one attached hydrogen (secondary N) is 1. The number of carbonyl (C=O) groups excluding carboxylic acids is 1. The molecule has 3 aromatic carbocycles. The highest BCUT2D eigenvalue weighted by molar-refractivity contribution is 7.90. The first kappa shape index (κ1) is 21.0. The molecule has 4 rings (SSSR count). The molecule has 0 aliphatic heterocycles. The summed E-state index contributed by atoms with van der Waals surface area (Å²) in [6.45, 7) is 1.83. The van der Waals surface area contributed by atoms with E-state index in [9.17, 15) is 13.2 Å². The highest BCUT2D eigenvalue weighted by Gasteiger charge is 2.10. The molecular formula is C23H20N2O4S2. The Morgan fingerprint density at radius 1 is 1.06 bits per heavy atom. The Morgan fingerprint density at radius 3 is 2.58 bits per heavy atom. The van der Waals surface area contributed by atoms with Gasteiger partial charge < -0.3 is 10.1 Å². The molecule has 8 heteroatoms. The number of benzene rings is 3. The number of amides is 1. The molecule has 0 radical (unpaired) electrons. The first-order valence-electron chi connectivity index (χ1n) is 9.48. The van der Waals surface area contributed by atoms with Gasteiger partial charge in [0.25, 0.3) is 5.91 Å². The first-order chi connectivity index (χ1) is 14.8. The van der Waals surface area contributed by atoms with Crippen LogP contribution >= 0.6 is 11.3 Å². The predicted molar refractivity (Wildman–Crippen MR) is 123 cm³/mol. The van der Waals surface area contributed by atoms with Gasteiger partial charge in [0.15, 0.2) is 16.4 Å². The smallest absolute Gasteiger partial charge is 0.262 e. The van der Waals surface area contributed by atoms with Gasteiger partial charge in [0.2, 0.25) is 0 Å². The van der Waals surface area contributed by atoms with E-state index in [2.05, 4.69) is 23.3 Å². The zero-order valence-corrected chi connectivity index (χ0v) is 18.6. The Balaban J connectivity index is 1.39. The Kier molecular flexibility index (Phi) is 5.75. The Bertz CT molecular complexity index is 1360. The standard InChI is InChI=1S/C23H20N2O4S2/c1-15-6-11-20-21(12-15)30-23(25-20)16-7-9-17(10-8-16)24-22(26)14-29-18-4-3-5-19(13-18)31(2,27)28/h3-13H,14H2,1-2H3,(H,24,26). The molecule has 31 heavy (non-hydrogen) atoms. The van der Waals surface area contributed by atoms with Gasteiger partial charge in [0, 0.05) is 17.5 Å². The minimum absolute atomic E-state index is 0.144. The van der Waals surface area contributed by atoms with E-state index >= 15 is 0 Å². The normalized spacial score (nSPS) is 11.4. The van der Waals surface area contributed by atoms with Crippen LogP contribution in [0.1, 0.15) is 5.56 Å². The number of hydrogen-bond donors (Lipinski definition) is 1. The number of fused-ring (bicyclic) bond motifs is 1. The summed E-state index contributed by atoms with van der Waals surface area (Å²) in [5.74, 6) is -0.0209. The number of thiazole rings is 1. The summed E-state index contributed by atoms with van der Waals surface area (Å²) in [4.78, 5) is 17.0. The number of aromatic nitrogens is 1. The molecule has 0 atom stereocenters. The number of anilines is 1. The lowest BCUT2D eigenvalue weighted by atomic mass is 10.2. The predicted octanol–water partition coefficient (Wildman–Crippen LogP) is 4.69. The molecule has 1 heterocycles. The van der Waals surface area contributed by atoms with E-state index in [1.807, 2.05) is 36.4 Å². The SMILES string of the molecule is Cc1ccc2nc(-c3ccc(NC(=O)COc4cccc(S(C)(=O)=O)c4)cc3)sc2c1. The van der Waals surface area contributed by atoms with Crippen LogP contribution in [0.2, 0.25) is 0 Å². The third-order valence-corrected chi connectivity index (χ3v) is 6.74. The van der Waals surface area contributed by atoms with Crippen LogP contribution in [0.4, 0.5) is 5.69 Å². The molecule has 0 aliphatic rings. The van der Waals surface area contributed by atoms with Crippen LogP contribution < -0.4 is 10.1 Å². The van der Waals surface area contributed by atoms with Gasteiger partial charge in [0.1, 0.15) is 10.8 Å². The third-order valence-electron chi connectivity index (χ3n) is 4.56. The zero-order chi connectivity index (χ0) is 22.0. The van der Waals surface area contributed by atoms with Crippen molar-refractivity contribution in [1.82, 2.24) is 4.98 Å². The fourth-order valence-electron chi connectivity index (χ4n) is 2.99. The van der Waals surface area contributed by atoms with Gasteiger partial charge in [-0.1, -0.05) is 12.1 Å². The second-order valence-electron chi connectivity index (χ2n) is 7.15. The summed E-state index contributed by atoms with van der Waals surface area (Å²) in [5.41, 5.74) is 3.79. The van der Waals surface area contributed by atoms with Crippen LogP contribution in [0.3, 0.4) is 0 Å². The first-order valence-corrected chi connectivity index (χ1v) is 12.2. The van der Waals surface area contributed by atoms with Gasteiger partial charge in [0.05, 0.1) is 15.1 Å². The Hall–Kier alpha value is -3.23. The molecule has 1 N–H and O–H groups in total. The zero-order valence-electron chi connectivity index (χ0n) is 17.0. The number of hydrogen-bond acceptors (Lipinski definition) is 6. The van der Waals surface area contributed by atoms with Gasteiger partial charge >= 0.3 is 0 Å². The van der Waals surface area contributed by atoms with Crippen molar-refractivity contribution in [2.75, 3.05) is 18.2 Å². The minimum atomic E-state index is -3.34. The average molecular weight is 453 g/mol. The lowest BCUT2D eigenvalue weighted by molar-refractivity contribution is -0.118. The molecule has 0 spiro atoms. The molecule has 0 bridgehead atoms. The van der Waals surface area contributed by atoms with Gasteiger partial charge in [-0.05, 0) is 67.1 Å². The van der Waals surface area contributed by atoms with Crippen molar-refractivity contribution in [2.24, 2.45) is 0 Å². The van der Waals surface area contributed by atoms with E-state index in [0.717, 1.165) is 27.0 Å². The molecule has 0 aliphatic carbocycles. The van der Waals surface area contributed by atoms with Gasteiger partial charge in [-0.15, -0.1) is 11.3 Å². The summed E-state index contributed by atoms with van der Waals surface area (Å²) in [6, 6.07) is 19.7. The molecule has 1 amide bonds. The van der Waals surface area contributed by atoms with Gasteiger partial charge in [-0.2, -0.15) is 0 Å². The second-order valence-corrected chi connectivity index (χ2v) is 10.2. The molecule has 0 saturated carbocycles. The lowest BCUT2D eigenvalue weighted by Gasteiger charge is -2.09. The Morgan fingerprint density at radius 2 is 1.84 bits per heavy atom. The highest BCUT2D eigenvalue weighted by Crippen LogP contribution is 2.31. The summed E-state index contributed by atoms with van der Waals surface area (Å²) in [5, 5.41) is 3.69. The average Bonchev–Trinajstić information content (AvgIpc) is 3.15. The van der Waals surface area contributed by atoms with E-state index in [-0.39, 0.29) is 17.4 Å². The van der Waals surface area contributed by atoms with Crippen molar-refractivity contribution in [3.63, 3.8) is 0 Å². The fourth-order valence-corrected chi connectivity index (χ4v) is 4.72. The number of sulfone groups is 1. The van der Waals surface area contributed by atoms with Crippen molar-refractivity contribution in [1.29, 1.82) is 0 Å².